The van der Waals surface area contributed by atoms with Crippen LogP contribution in [0.4, 0.5) is 4.79 Å². The number of carbonyl (C=O) groups excluding carboxylic acids is 1. The lowest BCUT2D eigenvalue weighted by Gasteiger charge is -2.44. The summed E-state index contributed by atoms with van der Waals surface area (Å²) >= 11 is 0. The number of amides is 1. The van der Waals surface area contributed by atoms with E-state index >= 15 is 0 Å². The van der Waals surface area contributed by atoms with Gasteiger partial charge in [0.1, 0.15) is 5.75 Å². The SMILES string of the molecule is O=C(Oc1ccc2c(c1)CCC1C2CCC2CCCC21)N1CCC(N2CCOCC2)CC1. The van der Waals surface area contributed by atoms with Gasteiger partial charge in [-0.3, -0.25) is 4.90 Å². The molecule has 2 saturated heterocycles. The molecule has 2 saturated carbocycles. The van der Waals surface area contributed by atoms with Gasteiger partial charge in [0.25, 0.3) is 0 Å². The van der Waals surface area contributed by atoms with E-state index in [-0.39, 0.29) is 6.09 Å². The molecule has 2 heterocycles. The molecule has 0 aromatic heterocycles. The maximum Gasteiger partial charge on any atom is 0.415 e. The van der Waals surface area contributed by atoms with E-state index in [0.29, 0.717) is 6.04 Å². The fourth-order valence-corrected chi connectivity index (χ4v) is 7.76. The van der Waals surface area contributed by atoms with E-state index in [4.69, 9.17) is 9.47 Å². The highest BCUT2D eigenvalue weighted by Crippen LogP contribution is 2.55. The molecule has 32 heavy (non-hydrogen) atoms. The first-order valence-corrected chi connectivity index (χ1v) is 13.2. The Kier molecular flexibility index (Phi) is 5.89. The molecule has 0 spiro atoms. The molecular weight excluding hydrogens is 400 g/mol. The predicted molar refractivity (Wildman–Crippen MR) is 124 cm³/mol. The van der Waals surface area contributed by atoms with Crippen molar-refractivity contribution in [1.82, 2.24) is 9.80 Å². The van der Waals surface area contributed by atoms with Gasteiger partial charge in [-0.1, -0.05) is 18.9 Å². The number of piperidine rings is 1. The topological polar surface area (TPSA) is 42.0 Å². The Morgan fingerprint density at radius 1 is 0.906 bits per heavy atom. The van der Waals surface area contributed by atoms with Gasteiger partial charge in [-0.05, 0) is 91.9 Å². The number of carbonyl (C=O) groups is 1. The van der Waals surface area contributed by atoms with E-state index in [1.807, 2.05) is 4.90 Å². The van der Waals surface area contributed by atoms with Crippen LogP contribution in [-0.4, -0.2) is 61.3 Å². The minimum absolute atomic E-state index is 0.175. The first-order valence-electron chi connectivity index (χ1n) is 13.2. The Morgan fingerprint density at radius 2 is 1.75 bits per heavy atom. The highest BCUT2D eigenvalue weighted by molar-refractivity contribution is 5.71. The van der Waals surface area contributed by atoms with Crippen LogP contribution in [-0.2, 0) is 11.2 Å². The van der Waals surface area contributed by atoms with Gasteiger partial charge in [0.05, 0.1) is 13.2 Å². The summed E-state index contributed by atoms with van der Waals surface area (Å²) in [4.78, 5) is 17.3. The average molecular weight is 439 g/mol. The van der Waals surface area contributed by atoms with Gasteiger partial charge in [0.15, 0.2) is 0 Å². The Labute approximate surface area is 192 Å². The molecule has 0 bridgehead atoms. The number of morpholine rings is 1. The van der Waals surface area contributed by atoms with Crippen LogP contribution in [0.2, 0.25) is 0 Å². The lowest BCUT2D eigenvalue weighted by Crippen LogP contribution is -2.50. The predicted octanol–water partition coefficient (Wildman–Crippen LogP) is 4.84. The van der Waals surface area contributed by atoms with Crippen LogP contribution in [0.25, 0.3) is 0 Å². The monoisotopic (exact) mass is 438 g/mol. The largest absolute Gasteiger partial charge is 0.415 e. The van der Waals surface area contributed by atoms with Crippen molar-refractivity contribution in [2.24, 2.45) is 17.8 Å². The third kappa shape index (κ3) is 3.96. The van der Waals surface area contributed by atoms with E-state index < -0.39 is 0 Å². The molecule has 4 fully saturated rings. The summed E-state index contributed by atoms with van der Waals surface area (Å²) in [5, 5.41) is 0. The van der Waals surface area contributed by atoms with Crippen molar-refractivity contribution < 1.29 is 14.3 Å². The summed E-state index contributed by atoms with van der Waals surface area (Å²) < 4.78 is 11.3. The van der Waals surface area contributed by atoms with E-state index in [0.717, 1.165) is 88.1 Å². The molecule has 0 radical (unpaired) electrons. The zero-order valence-electron chi connectivity index (χ0n) is 19.3. The number of aryl methyl sites for hydroxylation is 1. The van der Waals surface area contributed by atoms with Crippen molar-refractivity contribution in [2.75, 3.05) is 39.4 Å². The summed E-state index contributed by atoms with van der Waals surface area (Å²) in [6.07, 6.45) is 11.5. The molecular formula is C27H38N2O3. The van der Waals surface area contributed by atoms with Crippen LogP contribution >= 0.6 is 0 Å². The van der Waals surface area contributed by atoms with Crippen LogP contribution in [0.5, 0.6) is 5.75 Å². The second kappa shape index (κ2) is 8.98. The fourth-order valence-electron chi connectivity index (χ4n) is 7.76. The highest BCUT2D eigenvalue weighted by Gasteiger charge is 2.44. The van der Waals surface area contributed by atoms with Crippen molar-refractivity contribution in [1.29, 1.82) is 0 Å². The molecule has 4 unspecified atom stereocenters. The summed E-state index contributed by atoms with van der Waals surface area (Å²) in [5.41, 5.74) is 2.98. The molecule has 5 aliphatic rings. The second-order valence-corrected chi connectivity index (χ2v) is 10.8. The van der Waals surface area contributed by atoms with Gasteiger partial charge in [-0.15, -0.1) is 0 Å². The number of hydrogen-bond donors (Lipinski definition) is 0. The number of ether oxygens (including phenoxy) is 2. The lowest BCUT2D eigenvalue weighted by molar-refractivity contribution is 0.00234. The molecule has 0 N–H and O–H groups in total. The van der Waals surface area contributed by atoms with Gasteiger partial charge >= 0.3 is 6.09 Å². The van der Waals surface area contributed by atoms with E-state index in [1.54, 1.807) is 5.56 Å². The highest BCUT2D eigenvalue weighted by atomic mass is 16.6. The molecule has 1 aromatic carbocycles. The van der Waals surface area contributed by atoms with Gasteiger partial charge < -0.3 is 14.4 Å². The summed E-state index contributed by atoms with van der Waals surface area (Å²) in [6.45, 7) is 5.30. The number of fused-ring (bicyclic) bond motifs is 5. The first-order chi connectivity index (χ1) is 15.8. The first kappa shape index (κ1) is 21.0. The molecule has 4 atom stereocenters. The minimum Gasteiger partial charge on any atom is -0.410 e. The second-order valence-electron chi connectivity index (χ2n) is 10.8. The standard InChI is InChI=1S/C27H38N2O3/c30-27(29-12-10-21(11-13-29)28-14-16-31-17-15-28)32-22-6-9-24-20(18-22)5-8-25-23-3-1-2-19(23)4-7-26(24)25/h6,9,18-19,21,23,25-26H,1-5,7-8,10-17H2. The van der Waals surface area contributed by atoms with Crippen molar-refractivity contribution in [3.8, 4) is 5.75 Å². The number of benzene rings is 1. The van der Waals surface area contributed by atoms with E-state index in [9.17, 15) is 4.79 Å². The molecule has 1 amide bonds. The van der Waals surface area contributed by atoms with Gasteiger partial charge in [0.2, 0.25) is 0 Å². The fraction of sp³-hybridized carbons (Fsp3) is 0.741. The van der Waals surface area contributed by atoms with Crippen molar-refractivity contribution in [3.63, 3.8) is 0 Å². The molecule has 5 heteroatoms. The quantitative estimate of drug-likeness (QED) is 0.663. The van der Waals surface area contributed by atoms with Gasteiger partial charge in [-0.25, -0.2) is 4.79 Å². The maximum absolute atomic E-state index is 12.8. The normalized spacial score (nSPS) is 33.3. The van der Waals surface area contributed by atoms with E-state index in [2.05, 4.69) is 23.1 Å². The minimum atomic E-state index is -0.175. The Hall–Kier alpha value is -1.59. The van der Waals surface area contributed by atoms with Crippen molar-refractivity contribution in [3.05, 3.63) is 29.3 Å². The molecule has 3 aliphatic carbocycles. The van der Waals surface area contributed by atoms with Crippen molar-refractivity contribution in [2.45, 2.75) is 69.7 Å². The lowest BCUT2D eigenvalue weighted by atomic mass is 9.61. The van der Waals surface area contributed by atoms with Gasteiger partial charge in [-0.2, -0.15) is 0 Å². The summed E-state index contributed by atoms with van der Waals surface area (Å²) in [7, 11) is 0. The smallest absolute Gasteiger partial charge is 0.410 e. The van der Waals surface area contributed by atoms with Gasteiger partial charge in [0, 0.05) is 32.2 Å². The third-order valence-electron chi connectivity index (χ3n) is 9.38. The zero-order valence-corrected chi connectivity index (χ0v) is 19.3. The van der Waals surface area contributed by atoms with Crippen LogP contribution in [0.1, 0.15) is 68.4 Å². The van der Waals surface area contributed by atoms with E-state index in [1.165, 1.54) is 44.1 Å². The molecule has 1 aromatic rings. The third-order valence-corrected chi connectivity index (χ3v) is 9.38. The molecule has 174 valence electrons. The number of nitrogens with zero attached hydrogens (tertiary/aromatic N) is 2. The number of rotatable bonds is 2. The van der Waals surface area contributed by atoms with Crippen molar-refractivity contribution >= 4 is 6.09 Å². The Bertz CT molecular complexity index is 828. The molecule has 5 nitrogen and oxygen atoms in total. The van der Waals surface area contributed by atoms with Crippen LogP contribution < -0.4 is 4.74 Å². The summed E-state index contributed by atoms with van der Waals surface area (Å²) in [6, 6.07) is 7.09. The average Bonchev–Trinajstić information content (AvgIpc) is 3.34. The van der Waals surface area contributed by atoms with Crippen LogP contribution in [0.3, 0.4) is 0 Å². The molecule has 2 aliphatic heterocycles. The Balaban J connectivity index is 1.07. The summed E-state index contributed by atoms with van der Waals surface area (Å²) in [5.74, 6) is 4.34. The zero-order chi connectivity index (χ0) is 21.5. The van der Waals surface area contributed by atoms with Crippen LogP contribution in [0, 0.1) is 17.8 Å². The maximum atomic E-state index is 12.8. The molecule has 6 rings (SSSR count). The number of hydrogen-bond acceptors (Lipinski definition) is 4. The Morgan fingerprint density at radius 3 is 2.59 bits per heavy atom. The van der Waals surface area contributed by atoms with Crippen LogP contribution in [0.15, 0.2) is 18.2 Å². The number of likely N-dealkylation sites (tertiary alicyclic amines) is 1.